The molecule has 0 saturated carbocycles. The second-order valence-corrected chi connectivity index (χ2v) is 3.71. The van der Waals surface area contributed by atoms with E-state index in [-0.39, 0.29) is 11.1 Å². The highest BCUT2D eigenvalue weighted by molar-refractivity contribution is 9.09. The summed E-state index contributed by atoms with van der Waals surface area (Å²) < 4.78 is 18.1. The lowest BCUT2D eigenvalue weighted by Gasteiger charge is -2.11. The quantitative estimate of drug-likeness (QED) is 0.760. The topological polar surface area (TPSA) is 9.23 Å². The van der Waals surface area contributed by atoms with E-state index in [4.69, 9.17) is 16.3 Å². The van der Waals surface area contributed by atoms with Crippen LogP contribution < -0.4 is 4.74 Å². The zero-order chi connectivity index (χ0) is 9.84. The third-order valence-corrected chi connectivity index (χ3v) is 2.65. The van der Waals surface area contributed by atoms with Gasteiger partial charge in [0.15, 0.2) is 0 Å². The number of hydrogen-bond donors (Lipinski definition) is 0. The van der Waals surface area contributed by atoms with E-state index in [2.05, 4.69) is 15.9 Å². The molecular formula is C9H9BrClFO. The van der Waals surface area contributed by atoms with Crippen LogP contribution in [0.15, 0.2) is 18.2 Å². The summed E-state index contributed by atoms with van der Waals surface area (Å²) in [7, 11) is 0. The summed E-state index contributed by atoms with van der Waals surface area (Å²) in [6.07, 6.45) is 0.0431. The molecule has 0 N–H and O–H groups in total. The highest BCUT2D eigenvalue weighted by Crippen LogP contribution is 2.22. The minimum Gasteiger partial charge on any atom is -0.490 e. The summed E-state index contributed by atoms with van der Waals surface area (Å²) in [6.45, 7) is 1.91. The Morgan fingerprint density at radius 3 is 2.85 bits per heavy atom. The Labute approximate surface area is 90.0 Å². The fraction of sp³-hybridized carbons (Fsp3) is 0.333. The first kappa shape index (κ1) is 10.8. The van der Waals surface area contributed by atoms with Crippen LogP contribution in [0.5, 0.6) is 5.75 Å². The molecule has 0 spiro atoms. The maximum atomic E-state index is 12.7. The molecule has 0 radical (unpaired) electrons. The van der Waals surface area contributed by atoms with Crippen molar-refractivity contribution >= 4 is 27.5 Å². The van der Waals surface area contributed by atoms with Crippen LogP contribution in [0.3, 0.4) is 0 Å². The molecule has 13 heavy (non-hydrogen) atoms. The molecule has 4 heteroatoms. The van der Waals surface area contributed by atoms with Gasteiger partial charge in [0, 0.05) is 11.4 Å². The van der Waals surface area contributed by atoms with Gasteiger partial charge in [-0.05, 0) is 19.1 Å². The number of benzene rings is 1. The van der Waals surface area contributed by atoms with Gasteiger partial charge in [0.25, 0.3) is 0 Å². The minimum absolute atomic E-state index is 0.0431. The highest BCUT2D eigenvalue weighted by Gasteiger charge is 2.04. The van der Waals surface area contributed by atoms with E-state index in [1.807, 2.05) is 6.92 Å². The number of hydrogen-bond acceptors (Lipinski definition) is 1. The van der Waals surface area contributed by atoms with Crippen LogP contribution in [0.1, 0.15) is 6.92 Å². The number of rotatable bonds is 3. The van der Waals surface area contributed by atoms with Crippen molar-refractivity contribution in [1.82, 2.24) is 0 Å². The first-order chi connectivity index (χ1) is 6.13. The van der Waals surface area contributed by atoms with Crippen LogP contribution in [0.25, 0.3) is 0 Å². The molecule has 1 unspecified atom stereocenters. The van der Waals surface area contributed by atoms with Gasteiger partial charge >= 0.3 is 0 Å². The second kappa shape index (κ2) is 4.82. The Morgan fingerprint density at radius 1 is 1.62 bits per heavy atom. The Bertz CT molecular complexity index is 293. The molecule has 1 aromatic carbocycles. The maximum Gasteiger partial charge on any atom is 0.142 e. The molecule has 0 aliphatic heterocycles. The molecule has 0 saturated heterocycles. The summed E-state index contributed by atoms with van der Waals surface area (Å²) in [4.78, 5) is 0. The van der Waals surface area contributed by atoms with Crippen molar-refractivity contribution in [3.63, 3.8) is 0 Å². The fourth-order valence-electron chi connectivity index (χ4n) is 0.814. The van der Waals surface area contributed by atoms with Crippen molar-refractivity contribution in [2.75, 3.05) is 5.33 Å². The van der Waals surface area contributed by atoms with E-state index in [1.165, 1.54) is 12.1 Å². The van der Waals surface area contributed by atoms with Crippen molar-refractivity contribution in [3.8, 4) is 5.75 Å². The molecule has 0 aromatic heterocycles. The van der Waals surface area contributed by atoms with Crippen LogP contribution in [0, 0.1) is 5.82 Å². The van der Waals surface area contributed by atoms with Crippen molar-refractivity contribution in [3.05, 3.63) is 29.0 Å². The SMILES string of the molecule is CC(CBr)Oc1ccc(F)c(Cl)c1. The lowest BCUT2D eigenvalue weighted by Crippen LogP contribution is -2.12. The Balaban J connectivity index is 2.73. The molecule has 0 fully saturated rings. The summed E-state index contributed by atoms with van der Waals surface area (Å²) in [5.74, 6) is 0.152. The molecule has 0 aliphatic rings. The molecule has 0 heterocycles. The van der Waals surface area contributed by atoms with Crippen LogP contribution >= 0.6 is 27.5 Å². The monoisotopic (exact) mass is 266 g/mol. The standard InChI is InChI=1S/C9H9BrClFO/c1-6(5-10)13-7-2-3-9(12)8(11)4-7/h2-4,6H,5H2,1H3. The van der Waals surface area contributed by atoms with E-state index >= 15 is 0 Å². The van der Waals surface area contributed by atoms with E-state index in [9.17, 15) is 4.39 Å². The molecule has 72 valence electrons. The molecule has 0 amide bonds. The first-order valence-corrected chi connectivity index (χ1v) is 5.31. The molecule has 1 atom stereocenters. The predicted molar refractivity (Wildman–Crippen MR) is 55.3 cm³/mol. The maximum absolute atomic E-state index is 12.7. The number of ether oxygens (including phenoxy) is 1. The summed E-state index contributed by atoms with van der Waals surface area (Å²) in [6, 6.07) is 4.31. The largest absolute Gasteiger partial charge is 0.490 e. The first-order valence-electron chi connectivity index (χ1n) is 3.81. The molecule has 1 aromatic rings. The number of alkyl halides is 1. The van der Waals surface area contributed by atoms with Gasteiger partial charge in [0.2, 0.25) is 0 Å². The van der Waals surface area contributed by atoms with E-state index in [0.29, 0.717) is 5.75 Å². The van der Waals surface area contributed by atoms with Crippen LogP contribution in [-0.4, -0.2) is 11.4 Å². The van der Waals surface area contributed by atoms with Crippen LogP contribution in [-0.2, 0) is 0 Å². The van der Waals surface area contributed by atoms with Crippen molar-refractivity contribution in [2.45, 2.75) is 13.0 Å². The number of halogens is 3. The average Bonchev–Trinajstić information content (AvgIpc) is 2.11. The van der Waals surface area contributed by atoms with Gasteiger partial charge in [0.05, 0.1) is 5.02 Å². The van der Waals surface area contributed by atoms with Gasteiger partial charge in [-0.25, -0.2) is 4.39 Å². The molecule has 0 bridgehead atoms. The van der Waals surface area contributed by atoms with Crippen molar-refractivity contribution < 1.29 is 9.13 Å². The molecule has 1 nitrogen and oxygen atoms in total. The smallest absolute Gasteiger partial charge is 0.142 e. The van der Waals surface area contributed by atoms with E-state index < -0.39 is 5.82 Å². The molecule has 0 aliphatic carbocycles. The third-order valence-electron chi connectivity index (χ3n) is 1.45. The summed E-state index contributed by atoms with van der Waals surface area (Å²) >= 11 is 8.85. The zero-order valence-corrected chi connectivity index (χ0v) is 9.40. The van der Waals surface area contributed by atoms with Crippen LogP contribution in [0.2, 0.25) is 5.02 Å². The predicted octanol–water partition coefficient (Wildman–Crippen LogP) is 3.64. The zero-order valence-electron chi connectivity index (χ0n) is 7.06. The van der Waals surface area contributed by atoms with E-state index in [1.54, 1.807) is 6.07 Å². The van der Waals surface area contributed by atoms with Gasteiger partial charge in [-0.1, -0.05) is 27.5 Å². The lowest BCUT2D eigenvalue weighted by atomic mass is 10.3. The highest BCUT2D eigenvalue weighted by atomic mass is 79.9. The lowest BCUT2D eigenvalue weighted by molar-refractivity contribution is 0.248. The van der Waals surface area contributed by atoms with Gasteiger partial charge in [-0.2, -0.15) is 0 Å². The van der Waals surface area contributed by atoms with Gasteiger partial charge in [-0.3, -0.25) is 0 Å². The van der Waals surface area contributed by atoms with Crippen molar-refractivity contribution in [1.29, 1.82) is 0 Å². The fourth-order valence-corrected chi connectivity index (χ4v) is 1.12. The second-order valence-electron chi connectivity index (χ2n) is 2.66. The van der Waals surface area contributed by atoms with Gasteiger partial charge in [-0.15, -0.1) is 0 Å². The average molecular weight is 268 g/mol. The minimum atomic E-state index is -0.430. The Kier molecular flexibility index (Phi) is 4.00. The third kappa shape index (κ3) is 3.16. The summed E-state index contributed by atoms with van der Waals surface area (Å²) in [5, 5.41) is 0.807. The Morgan fingerprint density at radius 2 is 2.31 bits per heavy atom. The molecule has 1 rings (SSSR count). The Hall–Kier alpha value is -0.280. The summed E-state index contributed by atoms with van der Waals surface area (Å²) in [5.41, 5.74) is 0. The normalized spacial score (nSPS) is 12.6. The molecular weight excluding hydrogens is 258 g/mol. The van der Waals surface area contributed by atoms with Gasteiger partial charge in [0.1, 0.15) is 17.7 Å². The van der Waals surface area contributed by atoms with Crippen molar-refractivity contribution in [2.24, 2.45) is 0 Å². The van der Waals surface area contributed by atoms with E-state index in [0.717, 1.165) is 5.33 Å². The van der Waals surface area contributed by atoms with Gasteiger partial charge < -0.3 is 4.74 Å². The van der Waals surface area contributed by atoms with Crippen LogP contribution in [0.4, 0.5) is 4.39 Å².